The Morgan fingerprint density at radius 2 is 1.81 bits per heavy atom. The van der Waals surface area contributed by atoms with Crippen LogP contribution in [0.2, 0.25) is 0 Å². The summed E-state index contributed by atoms with van der Waals surface area (Å²) in [5, 5.41) is 0. The number of benzene rings is 1. The highest BCUT2D eigenvalue weighted by atomic mass is 35.5. The van der Waals surface area contributed by atoms with Crippen LogP contribution in [0.3, 0.4) is 0 Å². The molecule has 0 radical (unpaired) electrons. The number of halogens is 1. The molecule has 16 heavy (non-hydrogen) atoms. The van der Waals surface area contributed by atoms with E-state index in [0.717, 1.165) is 37.7 Å². The summed E-state index contributed by atoms with van der Waals surface area (Å²) in [6.45, 7) is 8.12. The molecule has 1 rings (SSSR count). The lowest BCUT2D eigenvalue weighted by Crippen LogP contribution is -2.27. The summed E-state index contributed by atoms with van der Waals surface area (Å²) >= 11 is 5.47. The molecule has 0 unspecified atom stereocenters. The quantitative estimate of drug-likeness (QED) is 0.744. The van der Waals surface area contributed by atoms with Gasteiger partial charge in [-0.15, -0.1) is 0 Å². The van der Waals surface area contributed by atoms with Crippen molar-refractivity contribution in [3.05, 3.63) is 24.3 Å². The Balaban J connectivity index is 2.31. The van der Waals surface area contributed by atoms with Crippen LogP contribution in [0.15, 0.2) is 24.3 Å². The topological polar surface area (TPSA) is 24.5 Å². The van der Waals surface area contributed by atoms with E-state index in [1.54, 1.807) is 0 Å². The van der Waals surface area contributed by atoms with Gasteiger partial charge in [0.1, 0.15) is 12.4 Å². The third-order valence-corrected chi connectivity index (χ3v) is 2.75. The first kappa shape index (κ1) is 13.1. The Kier molecular flexibility index (Phi) is 6.04. The maximum atomic E-state index is 5.63. The molecule has 0 aliphatic carbocycles. The van der Waals surface area contributed by atoms with Gasteiger partial charge in [-0.05, 0) is 37.4 Å². The number of hydrogen-bond acceptors (Lipinski definition) is 3. The molecule has 0 saturated carbocycles. The van der Waals surface area contributed by atoms with Crippen molar-refractivity contribution in [3.63, 3.8) is 0 Å². The lowest BCUT2D eigenvalue weighted by atomic mass is 10.3. The molecule has 0 fully saturated rings. The lowest BCUT2D eigenvalue weighted by molar-refractivity contribution is 0.223. The zero-order chi connectivity index (χ0) is 11.8. The second-order valence-electron chi connectivity index (χ2n) is 3.49. The van der Waals surface area contributed by atoms with E-state index in [-0.39, 0.29) is 0 Å². The lowest BCUT2D eigenvalue weighted by Gasteiger charge is -2.17. The Morgan fingerprint density at radius 3 is 2.31 bits per heavy atom. The Morgan fingerprint density at radius 1 is 1.19 bits per heavy atom. The van der Waals surface area contributed by atoms with E-state index in [1.165, 1.54) is 0 Å². The number of nitrogens with zero attached hydrogens (tertiary/aromatic N) is 1. The molecule has 90 valence electrons. The maximum absolute atomic E-state index is 5.63. The Labute approximate surface area is 102 Å². The first-order chi connectivity index (χ1) is 7.80. The third kappa shape index (κ3) is 4.29. The summed E-state index contributed by atoms with van der Waals surface area (Å²) in [7, 11) is 0. The van der Waals surface area contributed by atoms with E-state index in [9.17, 15) is 0 Å². The third-order valence-electron chi connectivity index (χ3n) is 2.53. The highest BCUT2D eigenvalue weighted by Gasteiger charge is 1.99. The SMILES string of the molecule is CCN(CC)CCOc1ccc(NCl)cc1. The van der Waals surface area contributed by atoms with Crippen LogP contribution in [0.25, 0.3) is 0 Å². The fourth-order valence-corrected chi connectivity index (χ4v) is 1.57. The Bertz CT molecular complexity index is 286. The molecule has 0 amide bonds. The predicted molar refractivity (Wildman–Crippen MR) is 69.2 cm³/mol. The minimum Gasteiger partial charge on any atom is -0.492 e. The minimum atomic E-state index is 0.718. The second-order valence-corrected chi connectivity index (χ2v) is 3.68. The van der Waals surface area contributed by atoms with Gasteiger partial charge in [-0.1, -0.05) is 13.8 Å². The van der Waals surface area contributed by atoms with Crippen LogP contribution >= 0.6 is 11.8 Å². The summed E-state index contributed by atoms with van der Waals surface area (Å²) in [5.41, 5.74) is 0.873. The van der Waals surface area contributed by atoms with E-state index in [2.05, 4.69) is 23.6 Å². The largest absolute Gasteiger partial charge is 0.492 e. The van der Waals surface area contributed by atoms with Crippen molar-refractivity contribution < 1.29 is 4.74 Å². The zero-order valence-electron chi connectivity index (χ0n) is 9.87. The van der Waals surface area contributed by atoms with Crippen LogP contribution in [0, 0.1) is 0 Å². The van der Waals surface area contributed by atoms with Crippen molar-refractivity contribution in [2.75, 3.05) is 31.1 Å². The normalized spacial score (nSPS) is 10.5. The molecule has 0 aliphatic heterocycles. The summed E-state index contributed by atoms with van der Waals surface area (Å²) in [5.74, 6) is 0.878. The van der Waals surface area contributed by atoms with Gasteiger partial charge in [0.2, 0.25) is 0 Å². The molecule has 1 N–H and O–H groups in total. The van der Waals surface area contributed by atoms with Gasteiger partial charge < -0.3 is 9.64 Å². The van der Waals surface area contributed by atoms with Gasteiger partial charge in [0.15, 0.2) is 0 Å². The summed E-state index contributed by atoms with van der Waals surface area (Å²) < 4.78 is 5.63. The summed E-state index contributed by atoms with van der Waals surface area (Å²) in [4.78, 5) is 4.88. The van der Waals surface area contributed by atoms with Crippen LogP contribution in [0.4, 0.5) is 5.69 Å². The van der Waals surface area contributed by atoms with Crippen molar-refractivity contribution >= 4 is 17.5 Å². The highest BCUT2D eigenvalue weighted by Crippen LogP contribution is 2.15. The number of anilines is 1. The van der Waals surface area contributed by atoms with Crippen LogP contribution in [-0.2, 0) is 0 Å². The van der Waals surface area contributed by atoms with Gasteiger partial charge in [0.25, 0.3) is 0 Å². The molecule has 0 aliphatic rings. The van der Waals surface area contributed by atoms with Crippen LogP contribution in [0.1, 0.15) is 13.8 Å². The minimum absolute atomic E-state index is 0.718. The molecule has 3 nitrogen and oxygen atoms in total. The number of nitrogens with one attached hydrogen (secondary N) is 1. The van der Waals surface area contributed by atoms with Gasteiger partial charge in [0, 0.05) is 24.0 Å². The van der Waals surface area contributed by atoms with Gasteiger partial charge in [-0.25, -0.2) is 0 Å². The molecule has 0 atom stereocenters. The van der Waals surface area contributed by atoms with Crippen molar-refractivity contribution in [2.24, 2.45) is 0 Å². The fourth-order valence-electron chi connectivity index (χ4n) is 1.45. The molecule has 0 aromatic heterocycles. The zero-order valence-corrected chi connectivity index (χ0v) is 10.6. The van der Waals surface area contributed by atoms with E-state index in [1.807, 2.05) is 24.3 Å². The maximum Gasteiger partial charge on any atom is 0.119 e. The van der Waals surface area contributed by atoms with Crippen molar-refractivity contribution in [1.29, 1.82) is 0 Å². The fraction of sp³-hybridized carbons (Fsp3) is 0.500. The van der Waals surface area contributed by atoms with Crippen molar-refractivity contribution in [1.82, 2.24) is 4.90 Å². The first-order valence-corrected chi connectivity index (χ1v) is 5.99. The van der Waals surface area contributed by atoms with Gasteiger partial charge >= 0.3 is 0 Å². The van der Waals surface area contributed by atoms with Crippen molar-refractivity contribution in [2.45, 2.75) is 13.8 Å². The molecular formula is C12H19ClN2O. The number of ether oxygens (including phenoxy) is 1. The first-order valence-electron chi connectivity index (χ1n) is 5.62. The van der Waals surface area contributed by atoms with E-state index in [0.29, 0.717) is 0 Å². The van der Waals surface area contributed by atoms with Crippen molar-refractivity contribution in [3.8, 4) is 5.75 Å². The molecule has 1 aromatic rings. The number of likely N-dealkylation sites (N-methyl/N-ethyl adjacent to an activating group) is 1. The van der Waals surface area contributed by atoms with Crippen LogP contribution < -0.4 is 9.57 Å². The molecule has 0 spiro atoms. The number of hydrogen-bond donors (Lipinski definition) is 1. The summed E-state index contributed by atoms with van der Waals surface area (Å²) in [6.07, 6.45) is 0. The standard InChI is InChI=1S/C12H19ClN2O/c1-3-15(4-2)9-10-16-12-7-5-11(14-13)6-8-12/h5-8,14H,3-4,9-10H2,1-2H3. The molecule has 0 bridgehead atoms. The second kappa shape index (κ2) is 7.36. The average molecular weight is 243 g/mol. The number of rotatable bonds is 7. The Hall–Kier alpha value is -0.930. The van der Waals surface area contributed by atoms with E-state index in [4.69, 9.17) is 16.5 Å². The molecule has 1 aromatic carbocycles. The van der Waals surface area contributed by atoms with Gasteiger partial charge in [-0.3, -0.25) is 4.84 Å². The van der Waals surface area contributed by atoms with Gasteiger partial charge in [0.05, 0.1) is 0 Å². The molecule has 4 heteroatoms. The molecule has 0 saturated heterocycles. The molecule has 0 heterocycles. The highest BCUT2D eigenvalue weighted by molar-refractivity contribution is 6.23. The van der Waals surface area contributed by atoms with E-state index < -0.39 is 0 Å². The smallest absolute Gasteiger partial charge is 0.119 e. The summed E-state index contributed by atoms with van der Waals surface area (Å²) in [6, 6.07) is 7.60. The van der Waals surface area contributed by atoms with Crippen LogP contribution in [0.5, 0.6) is 5.75 Å². The average Bonchev–Trinajstić information content (AvgIpc) is 2.35. The molecular weight excluding hydrogens is 224 g/mol. The predicted octanol–water partition coefficient (Wildman–Crippen LogP) is 2.97. The van der Waals surface area contributed by atoms with E-state index >= 15 is 0 Å². The monoisotopic (exact) mass is 242 g/mol. The van der Waals surface area contributed by atoms with Crippen LogP contribution in [-0.4, -0.2) is 31.1 Å². The van der Waals surface area contributed by atoms with Gasteiger partial charge in [-0.2, -0.15) is 0 Å².